The summed E-state index contributed by atoms with van der Waals surface area (Å²) in [6.45, 7) is 3.97. The van der Waals surface area contributed by atoms with Gasteiger partial charge in [-0.25, -0.2) is 4.98 Å². The zero-order chi connectivity index (χ0) is 19.1. The molecule has 2 aromatic heterocycles. The number of rotatable bonds is 4. The van der Waals surface area contributed by atoms with Crippen LogP contribution in [0.15, 0.2) is 28.2 Å². The van der Waals surface area contributed by atoms with Gasteiger partial charge in [-0.2, -0.15) is 0 Å². The molecule has 1 aliphatic carbocycles. The highest BCUT2D eigenvalue weighted by Gasteiger charge is 2.17. The van der Waals surface area contributed by atoms with Crippen LogP contribution in [0.4, 0.5) is 0 Å². The van der Waals surface area contributed by atoms with Gasteiger partial charge in [-0.05, 0) is 62.3 Å². The lowest BCUT2D eigenvalue weighted by Gasteiger charge is -2.16. The zero-order valence-electron chi connectivity index (χ0n) is 15.8. The topological polar surface area (TPSA) is 52.0 Å². The molecule has 0 saturated heterocycles. The van der Waals surface area contributed by atoms with Crippen molar-refractivity contribution < 1.29 is 4.79 Å². The number of hydrogen-bond donors (Lipinski definition) is 0. The fourth-order valence-electron chi connectivity index (χ4n) is 3.61. The number of ketones is 1. The summed E-state index contributed by atoms with van der Waals surface area (Å²) >= 11 is 2.88. The number of carbonyl (C=O) groups is 1. The monoisotopic (exact) mass is 398 g/mol. The Morgan fingerprint density at radius 1 is 1.22 bits per heavy atom. The lowest BCUT2D eigenvalue weighted by molar-refractivity contribution is 0.102. The molecule has 0 unspecified atom stereocenters. The van der Waals surface area contributed by atoms with Gasteiger partial charge in [-0.15, -0.1) is 11.3 Å². The molecule has 1 aromatic carbocycles. The van der Waals surface area contributed by atoms with E-state index in [1.165, 1.54) is 47.1 Å². The average Bonchev–Trinajstić information content (AvgIpc) is 2.96. The molecular formula is C21H22N2O2S2. The first-order chi connectivity index (χ1) is 13.0. The summed E-state index contributed by atoms with van der Waals surface area (Å²) in [7, 11) is 1.73. The fourth-order valence-corrected chi connectivity index (χ4v) is 5.54. The third-order valence-corrected chi connectivity index (χ3v) is 7.50. The maximum atomic E-state index is 12.7. The number of nitrogens with zero attached hydrogens (tertiary/aromatic N) is 2. The minimum Gasteiger partial charge on any atom is -0.293 e. The van der Waals surface area contributed by atoms with Crippen LogP contribution >= 0.6 is 23.1 Å². The number of aryl methyl sites for hydroxylation is 4. The predicted octanol–water partition coefficient (Wildman–Crippen LogP) is 4.47. The molecule has 0 N–H and O–H groups in total. The number of Topliss-reactive ketones (excluding diaryl/α,β-unsaturated/α-hetero) is 1. The number of carbonyl (C=O) groups excluding carboxylic acids is 1. The van der Waals surface area contributed by atoms with Crippen LogP contribution in [0.1, 0.15) is 44.8 Å². The summed E-state index contributed by atoms with van der Waals surface area (Å²) in [5.41, 5.74) is 4.42. The van der Waals surface area contributed by atoms with Gasteiger partial charge in [0.1, 0.15) is 4.83 Å². The molecule has 27 heavy (non-hydrogen) atoms. The summed E-state index contributed by atoms with van der Waals surface area (Å²) in [5, 5.41) is 1.30. The molecule has 0 fully saturated rings. The van der Waals surface area contributed by atoms with Crippen LogP contribution in [-0.2, 0) is 19.9 Å². The Morgan fingerprint density at radius 3 is 2.74 bits per heavy atom. The predicted molar refractivity (Wildman–Crippen MR) is 112 cm³/mol. The standard InChI is InChI=1S/C21H22N2O2S2/c1-12-13(2)27-19-18(12)20(25)23(3)21(22-19)26-11-17(24)16-9-8-14-6-4-5-7-15(14)10-16/h8-10H,4-7,11H2,1-3H3. The molecule has 1 aliphatic rings. The summed E-state index contributed by atoms with van der Waals surface area (Å²) < 4.78 is 1.56. The molecule has 0 bridgehead atoms. The third-order valence-electron chi connectivity index (χ3n) is 5.37. The summed E-state index contributed by atoms with van der Waals surface area (Å²) in [5.74, 6) is 0.370. The number of thioether (sulfide) groups is 1. The van der Waals surface area contributed by atoms with E-state index in [-0.39, 0.29) is 17.1 Å². The van der Waals surface area contributed by atoms with Crippen molar-refractivity contribution in [3.63, 3.8) is 0 Å². The molecule has 0 spiro atoms. The van der Waals surface area contributed by atoms with Gasteiger partial charge in [0, 0.05) is 17.5 Å². The largest absolute Gasteiger partial charge is 0.293 e. The van der Waals surface area contributed by atoms with Crippen molar-refractivity contribution >= 4 is 39.1 Å². The first-order valence-corrected chi connectivity index (χ1v) is 11.0. The molecule has 0 radical (unpaired) electrons. The fraction of sp³-hybridized carbons (Fsp3) is 0.381. The molecule has 3 aromatic rings. The van der Waals surface area contributed by atoms with Crippen molar-refractivity contribution in [2.24, 2.45) is 7.05 Å². The minimum atomic E-state index is -0.0365. The second kappa shape index (κ2) is 7.24. The summed E-state index contributed by atoms with van der Waals surface area (Å²) in [6.07, 6.45) is 4.61. The van der Waals surface area contributed by atoms with Crippen LogP contribution in [0.5, 0.6) is 0 Å². The minimum absolute atomic E-state index is 0.0365. The van der Waals surface area contributed by atoms with Gasteiger partial charge in [0.15, 0.2) is 10.9 Å². The third kappa shape index (κ3) is 3.36. The van der Waals surface area contributed by atoms with E-state index < -0.39 is 0 Å². The Labute approximate surface area is 166 Å². The van der Waals surface area contributed by atoms with Crippen LogP contribution in [0, 0.1) is 13.8 Å². The highest BCUT2D eigenvalue weighted by molar-refractivity contribution is 7.99. The van der Waals surface area contributed by atoms with Gasteiger partial charge in [-0.1, -0.05) is 23.9 Å². The molecule has 0 atom stereocenters. The molecule has 0 aliphatic heterocycles. The first kappa shape index (κ1) is 18.4. The Balaban J connectivity index is 1.57. The van der Waals surface area contributed by atoms with E-state index in [0.717, 1.165) is 33.7 Å². The van der Waals surface area contributed by atoms with Crippen LogP contribution in [0.2, 0.25) is 0 Å². The first-order valence-electron chi connectivity index (χ1n) is 9.20. The number of aromatic nitrogens is 2. The van der Waals surface area contributed by atoms with Crippen LogP contribution in [-0.4, -0.2) is 21.1 Å². The second-order valence-electron chi connectivity index (χ2n) is 7.12. The second-order valence-corrected chi connectivity index (χ2v) is 9.27. The van der Waals surface area contributed by atoms with Crippen molar-refractivity contribution in [2.45, 2.75) is 44.7 Å². The quantitative estimate of drug-likeness (QED) is 0.370. The van der Waals surface area contributed by atoms with Crippen LogP contribution < -0.4 is 5.56 Å². The maximum Gasteiger partial charge on any atom is 0.262 e. The molecule has 2 heterocycles. The normalized spacial score (nSPS) is 13.7. The van der Waals surface area contributed by atoms with Crippen molar-refractivity contribution in [1.82, 2.24) is 9.55 Å². The van der Waals surface area contributed by atoms with E-state index in [1.54, 1.807) is 11.6 Å². The van der Waals surface area contributed by atoms with E-state index in [2.05, 4.69) is 17.1 Å². The van der Waals surface area contributed by atoms with Gasteiger partial charge in [0.2, 0.25) is 0 Å². The Hall–Kier alpha value is -1.92. The van der Waals surface area contributed by atoms with E-state index in [9.17, 15) is 9.59 Å². The number of hydrogen-bond acceptors (Lipinski definition) is 5. The van der Waals surface area contributed by atoms with E-state index >= 15 is 0 Å². The van der Waals surface area contributed by atoms with Crippen LogP contribution in [0.25, 0.3) is 10.2 Å². The van der Waals surface area contributed by atoms with Crippen LogP contribution in [0.3, 0.4) is 0 Å². The smallest absolute Gasteiger partial charge is 0.262 e. The van der Waals surface area contributed by atoms with Gasteiger partial charge in [-0.3, -0.25) is 14.2 Å². The number of benzene rings is 1. The molecular weight excluding hydrogens is 376 g/mol. The Kier molecular flexibility index (Phi) is 4.95. The number of thiophene rings is 1. The van der Waals surface area contributed by atoms with E-state index in [0.29, 0.717) is 10.5 Å². The highest BCUT2D eigenvalue weighted by Crippen LogP contribution is 2.28. The summed E-state index contributed by atoms with van der Waals surface area (Å²) in [6, 6.07) is 6.09. The van der Waals surface area contributed by atoms with Gasteiger partial charge < -0.3 is 0 Å². The highest BCUT2D eigenvalue weighted by atomic mass is 32.2. The molecule has 6 heteroatoms. The van der Waals surface area contributed by atoms with Gasteiger partial charge in [0.05, 0.1) is 11.1 Å². The molecule has 4 rings (SSSR count). The average molecular weight is 399 g/mol. The molecule has 140 valence electrons. The molecule has 0 amide bonds. The zero-order valence-corrected chi connectivity index (χ0v) is 17.4. The van der Waals surface area contributed by atoms with E-state index in [4.69, 9.17) is 0 Å². The number of fused-ring (bicyclic) bond motifs is 2. The van der Waals surface area contributed by atoms with Gasteiger partial charge >= 0.3 is 0 Å². The van der Waals surface area contributed by atoms with Crippen molar-refractivity contribution in [2.75, 3.05) is 5.75 Å². The Bertz CT molecular complexity index is 1110. The molecule has 0 saturated carbocycles. The maximum absolute atomic E-state index is 12.7. The summed E-state index contributed by atoms with van der Waals surface area (Å²) in [4.78, 5) is 31.9. The SMILES string of the molecule is Cc1sc2nc(SCC(=O)c3ccc4c(c3)CCCC4)n(C)c(=O)c2c1C. The van der Waals surface area contributed by atoms with E-state index in [1.807, 2.05) is 19.9 Å². The Morgan fingerprint density at radius 2 is 1.96 bits per heavy atom. The lowest BCUT2D eigenvalue weighted by atomic mass is 9.90. The lowest BCUT2D eigenvalue weighted by Crippen LogP contribution is -2.20. The van der Waals surface area contributed by atoms with Crippen molar-refractivity contribution in [3.8, 4) is 0 Å². The van der Waals surface area contributed by atoms with Gasteiger partial charge in [0.25, 0.3) is 5.56 Å². The van der Waals surface area contributed by atoms with Crippen molar-refractivity contribution in [1.29, 1.82) is 0 Å². The molecule has 4 nitrogen and oxygen atoms in total. The van der Waals surface area contributed by atoms with Crippen molar-refractivity contribution in [3.05, 3.63) is 55.7 Å².